The average Bonchev–Trinajstić information content (AvgIpc) is 2.49. The molecular formula is C16H22O11. The van der Waals surface area contributed by atoms with Gasteiger partial charge in [-0.2, -0.15) is 0 Å². The number of rotatable bonds is 6. The van der Waals surface area contributed by atoms with Crippen molar-refractivity contribution in [2.75, 3.05) is 6.61 Å². The molecule has 1 aliphatic rings. The fourth-order valence-corrected chi connectivity index (χ4v) is 2.45. The van der Waals surface area contributed by atoms with Gasteiger partial charge in [-0.05, 0) is 0 Å². The molecule has 11 heteroatoms. The molecule has 27 heavy (non-hydrogen) atoms. The summed E-state index contributed by atoms with van der Waals surface area (Å²) in [7, 11) is 0. The summed E-state index contributed by atoms with van der Waals surface area (Å²) in [5.74, 6) is -3.71. The predicted molar refractivity (Wildman–Crippen MR) is 83.7 cm³/mol. The molecule has 0 spiro atoms. The van der Waals surface area contributed by atoms with E-state index < -0.39 is 67.2 Å². The second-order valence-electron chi connectivity index (χ2n) is 5.68. The van der Waals surface area contributed by atoms with Gasteiger partial charge in [0.2, 0.25) is 12.4 Å². The molecule has 1 rings (SSSR count). The van der Waals surface area contributed by atoms with Gasteiger partial charge in [-0.25, -0.2) is 0 Å². The largest absolute Gasteiger partial charge is 0.463 e. The summed E-state index contributed by atoms with van der Waals surface area (Å²) in [5.41, 5.74) is 0. The van der Waals surface area contributed by atoms with Crippen LogP contribution in [0.5, 0.6) is 0 Å². The van der Waals surface area contributed by atoms with E-state index in [1.54, 1.807) is 0 Å². The van der Waals surface area contributed by atoms with Crippen molar-refractivity contribution in [3.63, 3.8) is 0 Å². The molecule has 1 saturated heterocycles. The third-order valence-corrected chi connectivity index (χ3v) is 3.23. The zero-order valence-electron chi connectivity index (χ0n) is 15.6. The monoisotopic (exact) mass is 390 g/mol. The first-order chi connectivity index (χ1) is 12.5. The van der Waals surface area contributed by atoms with Crippen molar-refractivity contribution in [3.05, 3.63) is 0 Å². The molecule has 5 atom stereocenters. The molecule has 0 bridgehead atoms. The van der Waals surface area contributed by atoms with Crippen molar-refractivity contribution in [2.45, 2.75) is 65.3 Å². The lowest BCUT2D eigenvalue weighted by Crippen LogP contribution is -2.63. The van der Waals surface area contributed by atoms with E-state index in [0.717, 1.165) is 34.6 Å². The zero-order valence-corrected chi connectivity index (χ0v) is 15.6. The first kappa shape index (κ1) is 22.4. The number of esters is 5. The Balaban J connectivity index is 3.29. The molecule has 152 valence electrons. The highest BCUT2D eigenvalue weighted by Gasteiger charge is 2.53. The van der Waals surface area contributed by atoms with Crippen LogP contribution in [0.15, 0.2) is 0 Å². The number of hydrogen-bond acceptors (Lipinski definition) is 11. The Kier molecular flexibility index (Phi) is 8.16. The highest BCUT2D eigenvalue weighted by molar-refractivity contribution is 5.69. The standard InChI is InChI=1S/C16H22O11/c1-7(17)22-6-12-13(23-8(2)18)14(24-9(3)19)15(25-10(4)20)16(27-12)26-11(5)21/h12-16H,6H2,1-5H3/t12?,13-,14-,15+,16?/m0/s1. The Labute approximate surface area is 155 Å². The van der Waals surface area contributed by atoms with Crippen LogP contribution in [0, 0.1) is 0 Å². The van der Waals surface area contributed by atoms with E-state index in [9.17, 15) is 24.0 Å². The summed E-state index contributed by atoms with van der Waals surface area (Å²) in [6.45, 7) is 5.13. The summed E-state index contributed by atoms with van der Waals surface area (Å²) in [6.07, 6.45) is -6.70. The SMILES string of the molecule is CC(=O)OCC1OC(OC(C)=O)[C@H](OC(C)=O)[C@@H](OC(C)=O)[C@H]1OC(C)=O. The highest BCUT2D eigenvalue weighted by Crippen LogP contribution is 2.29. The maximum atomic E-state index is 11.5. The molecule has 0 aromatic carbocycles. The zero-order chi connectivity index (χ0) is 20.7. The van der Waals surface area contributed by atoms with E-state index in [0.29, 0.717) is 0 Å². The van der Waals surface area contributed by atoms with Crippen LogP contribution in [0.2, 0.25) is 0 Å². The van der Waals surface area contributed by atoms with Gasteiger partial charge in [0.15, 0.2) is 12.2 Å². The van der Waals surface area contributed by atoms with Crippen molar-refractivity contribution in [1.29, 1.82) is 0 Å². The molecule has 0 saturated carbocycles. The fourth-order valence-electron chi connectivity index (χ4n) is 2.45. The number of carbonyl (C=O) groups excluding carboxylic acids is 5. The number of hydrogen-bond donors (Lipinski definition) is 0. The van der Waals surface area contributed by atoms with Crippen molar-refractivity contribution >= 4 is 29.8 Å². The maximum Gasteiger partial charge on any atom is 0.305 e. The minimum Gasteiger partial charge on any atom is -0.463 e. The summed E-state index contributed by atoms with van der Waals surface area (Å²) in [4.78, 5) is 57.0. The van der Waals surface area contributed by atoms with Gasteiger partial charge in [0.1, 0.15) is 12.7 Å². The van der Waals surface area contributed by atoms with Gasteiger partial charge in [0, 0.05) is 34.6 Å². The van der Waals surface area contributed by atoms with Gasteiger partial charge in [-0.1, -0.05) is 0 Å². The summed E-state index contributed by atoms with van der Waals surface area (Å²) in [5, 5.41) is 0. The Morgan fingerprint density at radius 2 is 1.07 bits per heavy atom. The Morgan fingerprint density at radius 1 is 0.630 bits per heavy atom. The molecule has 2 unspecified atom stereocenters. The van der Waals surface area contributed by atoms with E-state index >= 15 is 0 Å². The highest BCUT2D eigenvalue weighted by atomic mass is 16.7. The third kappa shape index (κ3) is 7.21. The van der Waals surface area contributed by atoms with E-state index in [1.165, 1.54) is 0 Å². The fraction of sp³-hybridized carbons (Fsp3) is 0.688. The molecule has 1 heterocycles. The van der Waals surface area contributed by atoms with Crippen molar-refractivity contribution in [1.82, 2.24) is 0 Å². The summed E-state index contributed by atoms with van der Waals surface area (Å²) in [6, 6.07) is 0. The van der Waals surface area contributed by atoms with E-state index in [4.69, 9.17) is 28.4 Å². The molecule has 1 fully saturated rings. The van der Waals surface area contributed by atoms with Crippen LogP contribution in [-0.2, 0) is 52.4 Å². The lowest BCUT2D eigenvalue weighted by molar-refractivity contribution is -0.300. The molecule has 11 nitrogen and oxygen atoms in total. The topological polar surface area (TPSA) is 141 Å². The maximum absolute atomic E-state index is 11.5. The second-order valence-corrected chi connectivity index (χ2v) is 5.68. The molecule has 0 radical (unpaired) electrons. The third-order valence-electron chi connectivity index (χ3n) is 3.23. The van der Waals surface area contributed by atoms with E-state index in [1.807, 2.05) is 0 Å². The van der Waals surface area contributed by atoms with Crippen LogP contribution >= 0.6 is 0 Å². The molecule has 0 N–H and O–H groups in total. The lowest BCUT2D eigenvalue weighted by Gasteiger charge is -2.43. The van der Waals surface area contributed by atoms with Crippen LogP contribution in [-0.4, -0.2) is 67.2 Å². The van der Waals surface area contributed by atoms with Crippen LogP contribution in [0.25, 0.3) is 0 Å². The van der Waals surface area contributed by atoms with Crippen molar-refractivity contribution in [2.24, 2.45) is 0 Å². The van der Waals surface area contributed by atoms with Crippen molar-refractivity contribution in [3.8, 4) is 0 Å². The molecule has 1 aliphatic heterocycles. The van der Waals surface area contributed by atoms with Gasteiger partial charge in [0.25, 0.3) is 0 Å². The Morgan fingerprint density at radius 3 is 1.52 bits per heavy atom. The Hall–Kier alpha value is -2.69. The van der Waals surface area contributed by atoms with Gasteiger partial charge >= 0.3 is 29.8 Å². The van der Waals surface area contributed by atoms with Crippen LogP contribution in [0.4, 0.5) is 0 Å². The van der Waals surface area contributed by atoms with Crippen LogP contribution in [0.3, 0.4) is 0 Å². The first-order valence-electron chi connectivity index (χ1n) is 7.99. The molecule has 0 aliphatic carbocycles. The average molecular weight is 390 g/mol. The molecule has 0 amide bonds. The van der Waals surface area contributed by atoms with Gasteiger partial charge in [-0.15, -0.1) is 0 Å². The van der Waals surface area contributed by atoms with Gasteiger partial charge in [-0.3, -0.25) is 24.0 Å². The quantitative estimate of drug-likeness (QED) is 0.433. The van der Waals surface area contributed by atoms with Crippen LogP contribution < -0.4 is 0 Å². The minimum absolute atomic E-state index is 0.393. The smallest absolute Gasteiger partial charge is 0.305 e. The van der Waals surface area contributed by atoms with E-state index in [-0.39, 0.29) is 0 Å². The first-order valence-corrected chi connectivity index (χ1v) is 7.99. The second kappa shape index (κ2) is 9.86. The number of carbonyl (C=O) groups is 5. The summed E-state index contributed by atoms with van der Waals surface area (Å²) >= 11 is 0. The van der Waals surface area contributed by atoms with Crippen molar-refractivity contribution < 1.29 is 52.4 Å². The molecular weight excluding hydrogens is 368 g/mol. The molecule has 0 aromatic heterocycles. The van der Waals surface area contributed by atoms with Gasteiger partial charge in [0.05, 0.1) is 0 Å². The number of ether oxygens (including phenoxy) is 6. The van der Waals surface area contributed by atoms with Crippen LogP contribution in [0.1, 0.15) is 34.6 Å². The van der Waals surface area contributed by atoms with Gasteiger partial charge < -0.3 is 28.4 Å². The molecule has 0 aromatic rings. The summed E-state index contributed by atoms with van der Waals surface area (Å²) < 4.78 is 30.8. The normalized spacial score (nSPS) is 27.1. The van der Waals surface area contributed by atoms with E-state index in [2.05, 4.69) is 0 Å². The Bertz CT molecular complexity index is 599. The predicted octanol–water partition coefficient (Wildman–Crippen LogP) is -0.367. The minimum atomic E-state index is -1.48. The lowest BCUT2D eigenvalue weighted by atomic mass is 9.98.